The third-order valence-corrected chi connectivity index (χ3v) is 3.32. The van der Waals surface area contributed by atoms with Gasteiger partial charge in [-0.1, -0.05) is 6.07 Å². The van der Waals surface area contributed by atoms with Crippen molar-refractivity contribution in [3.05, 3.63) is 24.3 Å². The molecule has 2 rings (SSSR count). The van der Waals surface area contributed by atoms with Crippen LogP contribution in [0.5, 0.6) is 5.75 Å². The maximum atomic E-state index is 6.12. The van der Waals surface area contributed by atoms with Gasteiger partial charge in [0.2, 0.25) is 0 Å². The van der Waals surface area contributed by atoms with Crippen molar-refractivity contribution in [1.29, 1.82) is 0 Å². The molecular weight excluding hydrogens is 200 g/mol. The zero-order chi connectivity index (χ0) is 11.6. The van der Waals surface area contributed by atoms with E-state index in [9.17, 15) is 0 Å². The molecule has 0 aromatic heterocycles. The Hall–Kier alpha value is -1.22. The summed E-state index contributed by atoms with van der Waals surface area (Å²) in [5.41, 5.74) is 7.36. The molecule has 1 heterocycles. The van der Waals surface area contributed by atoms with Crippen LogP contribution in [0.3, 0.4) is 0 Å². The van der Waals surface area contributed by atoms with Gasteiger partial charge < -0.3 is 15.4 Å². The molecule has 0 aliphatic carbocycles. The molecule has 0 radical (unpaired) electrons. The predicted molar refractivity (Wildman–Crippen MR) is 67.0 cm³/mol. The minimum absolute atomic E-state index is 0.00929. The molecule has 88 valence electrons. The van der Waals surface area contributed by atoms with Crippen molar-refractivity contribution in [2.45, 2.75) is 25.3 Å². The number of anilines is 1. The summed E-state index contributed by atoms with van der Waals surface area (Å²) in [5.74, 6) is 0.915. The molecule has 0 atom stereocenters. The topological polar surface area (TPSA) is 38.5 Å². The zero-order valence-corrected chi connectivity index (χ0v) is 10.1. The molecule has 1 aliphatic rings. The van der Waals surface area contributed by atoms with Gasteiger partial charge in [-0.05, 0) is 31.9 Å². The Morgan fingerprint density at radius 3 is 2.62 bits per heavy atom. The van der Waals surface area contributed by atoms with Crippen molar-refractivity contribution in [2.75, 3.05) is 25.1 Å². The molecule has 1 aromatic rings. The molecule has 3 heteroatoms. The van der Waals surface area contributed by atoms with Gasteiger partial charge in [0.05, 0.1) is 7.11 Å². The molecule has 2 N–H and O–H groups in total. The normalized spacial score (nSPS) is 19.6. The van der Waals surface area contributed by atoms with Gasteiger partial charge in [0.25, 0.3) is 0 Å². The zero-order valence-electron chi connectivity index (χ0n) is 10.1. The van der Waals surface area contributed by atoms with E-state index in [4.69, 9.17) is 10.5 Å². The number of hydrogen-bond acceptors (Lipinski definition) is 3. The van der Waals surface area contributed by atoms with Crippen LogP contribution >= 0.6 is 0 Å². The Bertz CT molecular complexity index is 353. The van der Waals surface area contributed by atoms with Crippen molar-refractivity contribution in [1.82, 2.24) is 0 Å². The third kappa shape index (κ3) is 2.47. The van der Waals surface area contributed by atoms with E-state index < -0.39 is 0 Å². The van der Waals surface area contributed by atoms with E-state index in [1.807, 2.05) is 12.1 Å². The van der Waals surface area contributed by atoms with Crippen LogP contribution in [0.15, 0.2) is 24.3 Å². The van der Waals surface area contributed by atoms with Crippen molar-refractivity contribution < 1.29 is 4.74 Å². The van der Waals surface area contributed by atoms with Gasteiger partial charge in [-0.2, -0.15) is 0 Å². The minimum atomic E-state index is 0.00929. The molecule has 3 nitrogen and oxygen atoms in total. The predicted octanol–water partition coefficient (Wildman–Crippen LogP) is 2.01. The first-order chi connectivity index (χ1) is 7.61. The van der Waals surface area contributed by atoms with Crippen molar-refractivity contribution in [3.63, 3.8) is 0 Å². The van der Waals surface area contributed by atoms with Gasteiger partial charge in [-0.15, -0.1) is 0 Å². The van der Waals surface area contributed by atoms with E-state index in [0.717, 1.165) is 31.7 Å². The fourth-order valence-corrected chi connectivity index (χ4v) is 2.08. The Labute approximate surface area is 97.2 Å². The molecule has 1 aliphatic heterocycles. The first-order valence-electron chi connectivity index (χ1n) is 5.79. The highest BCUT2D eigenvalue weighted by Gasteiger charge is 2.25. The lowest BCUT2D eigenvalue weighted by Gasteiger charge is -2.38. The Balaban J connectivity index is 2.08. The molecule has 1 fully saturated rings. The second-order valence-electron chi connectivity index (χ2n) is 4.84. The summed E-state index contributed by atoms with van der Waals surface area (Å²) in [4.78, 5) is 2.37. The Kier molecular flexibility index (Phi) is 3.06. The highest BCUT2D eigenvalue weighted by Crippen LogP contribution is 2.26. The third-order valence-electron chi connectivity index (χ3n) is 3.32. The lowest BCUT2D eigenvalue weighted by atomic mass is 9.91. The monoisotopic (exact) mass is 220 g/mol. The number of nitrogens with two attached hydrogens (primary N) is 1. The van der Waals surface area contributed by atoms with Crippen LogP contribution in [0.1, 0.15) is 19.8 Å². The molecule has 0 bridgehead atoms. The molecule has 0 unspecified atom stereocenters. The minimum Gasteiger partial charge on any atom is -0.497 e. The quantitative estimate of drug-likeness (QED) is 0.828. The largest absolute Gasteiger partial charge is 0.497 e. The highest BCUT2D eigenvalue weighted by atomic mass is 16.5. The van der Waals surface area contributed by atoms with Gasteiger partial charge >= 0.3 is 0 Å². The fraction of sp³-hybridized carbons (Fsp3) is 0.538. The van der Waals surface area contributed by atoms with E-state index in [1.54, 1.807) is 7.11 Å². The van der Waals surface area contributed by atoms with Gasteiger partial charge in [0, 0.05) is 30.4 Å². The fourth-order valence-electron chi connectivity index (χ4n) is 2.08. The van der Waals surface area contributed by atoms with Crippen LogP contribution in [0.4, 0.5) is 5.69 Å². The Morgan fingerprint density at radius 2 is 2.00 bits per heavy atom. The number of methoxy groups -OCH3 is 1. The van der Waals surface area contributed by atoms with Crippen LogP contribution in [0, 0.1) is 0 Å². The summed E-state index contributed by atoms with van der Waals surface area (Å²) in [6.45, 7) is 4.19. The van der Waals surface area contributed by atoms with Gasteiger partial charge in [0.1, 0.15) is 5.75 Å². The van der Waals surface area contributed by atoms with E-state index in [1.165, 1.54) is 5.69 Å². The van der Waals surface area contributed by atoms with Gasteiger partial charge in [0.15, 0.2) is 0 Å². The summed E-state index contributed by atoms with van der Waals surface area (Å²) in [6, 6.07) is 8.21. The summed E-state index contributed by atoms with van der Waals surface area (Å²) >= 11 is 0. The van der Waals surface area contributed by atoms with Gasteiger partial charge in [-0.3, -0.25) is 0 Å². The number of ether oxygens (including phenoxy) is 1. The van der Waals surface area contributed by atoms with Gasteiger partial charge in [-0.25, -0.2) is 0 Å². The smallest absolute Gasteiger partial charge is 0.120 e. The number of rotatable bonds is 2. The van der Waals surface area contributed by atoms with Crippen molar-refractivity contribution in [2.24, 2.45) is 5.73 Å². The molecule has 1 saturated heterocycles. The summed E-state index contributed by atoms with van der Waals surface area (Å²) in [7, 11) is 1.70. The average molecular weight is 220 g/mol. The molecule has 0 spiro atoms. The summed E-state index contributed by atoms with van der Waals surface area (Å²) < 4.78 is 5.24. The first-order valence-corrected chi connectivity index (χ1v) is 5.79. The molecule has 16 heavy (non-hydrogen) atoms. The van der Waals surface area contributed by atoms with Crippen LogP contribution in [-0.2, 0) is 0 Å². The number of hydrogen-bond donors (Lipinski definition) is 1. The maximum Gasteiger partial charge on any atom is 0.120 e. The van der Waals surface area contributed by atoms with E-state index in [2.05, 4.69) is 24.0 Å². The van der Waals surface area contributed by atoms with Crippen LogP contribution < -0.4 is 15.4 Å². The van der Waals surface area contributed by atoms with Crippen molar-refractivity contribution >= 4 is 5.69 Å². The molecular formula is C13H20N2O. The second-order valence-corrected chi connectivity index (χ2v) is 4.84. The molecule has 0 saturated carbocycles. The maximum absolute atomic E-state index is 6.12. The average Bonchev–Trinajstić information content (AvgIpc) is 2.29. The number of piperidine rings is 1. The standard InChI is InChI=1S/C13H20N2O/c1-13(14)6-8-15(9-7-13)11-4-3-5-12(10-11)16-2/h3-5,10H,6-9,14H2,1-2H3. The van der Waals surface area contributed by atoms with Crippen LogP contribution in [-0.4, -0.2) is 25.7 Å². The Morgan fingerprint density at radius 1 is 1.31 bits per heavy atom. The van der Waals surface area contributed by atoms with Crippen LogP contribution in [0.2, 0.25) is 0 Å². The second kappa shape index (κ2) is 4.34. The summed E-state index contributed by atoms with van der Waals surface area (Å²) in [6.07, 6.45) is 2.09. The molecule has 0 amide bonds. The first kappa shape index (κ1) is 11.3. The number of nitrogens with zero attached hydrogens (tertiary/aromatic N) is 1. The van der Waals surface area contributed by atoms with Crippen LogP contribution in [0.25, 0.3) is 0 Å². The lowest BCUT2D eigenvalue weighted by Crippen LogP contribution is -2.48. The lowest BCUT2D eigenvalue weighted by molar-refractivity contribution is 0.363. The van der Waals surface area contributed by atoms with E-state index in [0.29, 0.717) is 0 Å². The summed E-state index contributed by atoms with van der Waals surface area (Å²) in [5, 5.41) is 0. The number of benzene rings is 1. The van der Waals surface area contributed by atoms with Crippen molar-refractivity contribution in [3.8, 4) is 5.75 Å². The van der Waals surface area contributed by atoms with E-state index in [-0.39, 0.29) is 5.54 Å². The highest BCUT2D eigenvalue weighted by molar-refractivity contribution is 5.51. The van der Waals surface area contributed by atoms with E-state index >= 15 is 0 Å². The SMILES string of the molecule is COc1cccc(N2CCC(C)(N)CC2)c1. The molecule has 1 aromatic carbocycles.